The van der Waals surface area contributed by atoms with Crippen LogP contribution in [0.3, 0.4) is 0 Å². The maximum absolute atomic E-state index is 10.5. The Balaban J connectivity index is 2.38. The van der Waals surface area contributed by atoms with Crippen LogP contribution in [-0.2, 0) is 4.79 Å². The van der Waals surface area contributed by atoms with E-state index < -0.39 is 0 Å². The molecule has 0 radical (unpaired) electrons. The Morgan fingerprint density at radius 1 is 1.75 bits per heavy atom. The van der Waals surface area contributed by atoms with Crippen molar-refractivity contribution in [2.24, 2.45) is 0 Å². The van der Waals surface area contributed by atoms with Crippen LogP contribution in [0.4, 0.5) is 0 Å². The maximum Gasteiger partial charge on any atom is 0.309 e. The number of carbonyl (C=O) groups excluding carboxylic acids is 1. The van der Waals surface area contributed by atoms with E-state index in [0.717, 1.165) is 0 Å². The van der Waals surface area contributed by atoms with Crippen molar-refractivity contribution in [3.8, 4) is 5.88 Å². The quantitative estimate of drug-likeness (QED) is 0.611. The SMILES string of the molecule is CC(=O)Oc1cn2ncsc2n1. The topological polar surface area (TPSA) is 56.5 Å². The molecule has 0 fully saturated rings. The second kappa shape index (κ2) is 2.56. The third kappa shape index (κ3) is 1.16. The van der Waals surface area contributed by atoms with E-state index in [9.17, 15) is 4.79 Å². The monoisotopic (exact) mass is 183 g/mol. The molecule has 0 saturated carbocycles. The van der Waals surface area contributed by atoms with Crippen LogP contribution in [0.1, 0.15) is 6.92 Å². The Hall–Kier alpha value is -1.43. The number of aromatic nitrogens is 3. The molecule has 2 aromatic rings. The lowest BCUT2D eigenvalue weighted by Crippen LogP contribution is -2.01. The van der Waals surface area contributed by atoms with Crippen LogP contribution in [-0.4, -0.2) is 20.6 Å². The number of rotatable bonds is 1. The van der Waals surface area contributed by atoms with Gasteiger partial charge in [0.25, 0.3) is 0 Å². The van der Waals surface area contributed by atoms with Crippen LogP contribution < -0.4 is 4.74 Å². The van der Waals surface area contributed by atoms with E-state index in [1.54, 1.807) is 16.2 Å². The highest BCUT2D eigenvalue weighted by atomic mass is 32.1. The van der Waals surface area contributed by atoms with Gasteiger partial charge >= 0.3 is 5.97 Å². The number of ether oxygens (including phenoxy) is 1. The van der Waals surface area contributed by atoms with Gasteiger partial charge in [0.05, 0.1) is 6.20 Å². The minimum absolute atomic E-state index is 0.293. The molecule has 12 heavy (non-hydrogen) atoms. The van der Waals surface area contributed by atoms with Gasteiger partial charge in [0.1, 0.15) is 5.51 Å². The van der Waals surface area contributed by atoms with E-state index >= 15 is 0 Å². The summed E-state index contributed by atoms with van der Waals surface area (Å²) in [6, 6.07) is 0. The van der Waals surface area contributed by atoms with Gasteiger partial charge in [0, 0.05) is 6.92 Å². The second-order valence-electron chi connectivity index (χ2n) is 2.14. The summed E-state index contributed by atoms with van der Waals surface area (Å²) in [5.74, 6) is -0.0809. The van der Waals surface area contributed by atoms with Crippen LogP contribution >= 0.6 is 11.3 Å². The first-order valence-electron chi connectivity index (χ1n) is 3.23. The standard InChI is InChI=1S/C6H5N3O2S/c1-4(10)11-5-2-9-6(8-5)12-3-7-9/h2-3H,1H3. The average molecular weight is 183 g/mol. The van der Waals surface area contributed by atoms with Gasteiger partial charge in [-0.05, 0) is 0 Å². The second-order valence-corrected chi connectivity index (χ2v) is 2.95. The highest BCUT2D eigenvalue weighted by Gasteiger charge is 2.05. The Morgan fingerprint density at radius 3 is 3.25 bits per heavy atom. The molecule has 0 N–H and O–H groups in total. The molecule has 0 aliphatic carbocycles. The van der Waals surface area contributed by atoms with Crippen molar-refractivity contribution in [1.29, 1.82) is 0 Å². The first-order valence-corrected chi connectivity index (χ1v) is 4.11. The zero-order valence-corrected chi connectivity index (χ0v) is 7.04. The van der Waals surface area contributed by atoms with Crippen molar-refractivity contribution >= 4 is 22.3 Å². The number of hydrogen-bond acceptors (Lipinski definition) is 5. The van der Waals surface area contributed by atoms with Crippen LogP contribution in [0, 0.1) is 0 Å². The fourth-order valence-corrected chi connectivity index (χ4v) is 1.41. The summed E-state index contributed by atoms with van der Waals surface area (Å²) in [7, 11) is 0. The van der Waals surface area contributed by atoms with Crippen molar-refractivity contribution in [2.75, 3.05) is 0 Å². The molecule has 5 nitrogen and oxygen atoms in total. The van der Waals surface area contributed by atoms with Gasteiger partial charge < -0.3 is 4.74 Å². The van der Waals surface area contributed by atoms with E-state index in [1.807, 2.05) is 0 Å². The smallest absolute Gasteiger partial charge is 0.309 e. The van der Waals surface area contributed by atoms with E-state index in [4.69, 9.17) is 4.74 Å². The summed E-state index contributed by atoms with van der Waals surface area (Å²) in [4.78, 5) is 15.2. The summed E-state index contributed by atoms with van der Waals surface area (Å²) >= 11 is 1.38. The third-order valence-corrected chi connectivity index (χ3v) is 1.90. The largest absolute Gasteiger partial charge is 0.406 e. The molecule has 0 spiro atoms. The molecule has 0 unspecified atom stereocenters. The van der Waals surface area contributed by atoms with E-state index in [2.05, 4.69) is 10.1 Å². The Morgan fingerprint density at radius 2 is 2.58 bits per heavy atom. The Labute approximate surface area is 71.6 Å². The number of fused-ring (bicyclic) bond motifs is 1. The zero-order chi connectivity index (χ0) is 8.55. The molecule has 6 heteroatoms. The molecule has 0 bridgehead atoms. The zero-order valence-electron chi connectivity index (χ0n) is 6.22. The molecule has 0 saturated heterocycles. The number of nitrogens with zero attached hydrogens (tertiary/aromatic N) is 3. The molecule has 2 heterocycles. The third-order valence-electron chi connectivity index (χ3n) is 1.21. The van der Waals surface area contributed by atoms with E-state index in [1.165, 1.54) is 18.3 Å². The summed E-state index contributed by atoms with van der Waals surface area (Å²) in [6.45, 7) is 1.33. The molecule has 0 amide bonds. The van der Waals surface area contributed by atoms with Crippen molar-refractivity contribution in [3.05, 3.63) is 11.7 Å². The van der Waals surface area contributed by atoms with Crippen molar-refractivity contribution in [3.63, 3.8) is 0 Å². The molecule has 0 atom stereocenters. The van der Waals surface area contributed by atoms with Gasteiger partial charge in [-0.25, -0.2) is 4.52 Å². The number of hydrogen-bond donors (Lipinski definition) is 0. The summed E-state index contributed by atoms with van der Waals surface area (Å²) in [5.41, 5.74) is 1.67. The van der Waals surface area contributed by atoms with Gasteiger partial charge in [-0.15, -0.1) is 0 Å². The molecule has 0 aromatic carbocycles. The summed E-state index contributed by atoms with van der Waals surface area (Å²) in [5, 5.41) is 3.93. The van der Waals surface area contributed by atoms with Crippen LogP contribution in [0.5, 0.6) is 5.88 Å². The molecule has 0 aliphatic heterocycles. The van der Waals surface area contributed by atoms with Crippen LogP contribution in [0.15, 0.2) is 11.7 Å². The van der Waals surface area contributed by atoms with E-state index in [0.29, 0.717) is 10.8 Å². The van der Waals surface area contributed by atoms with E-state index in [-0.39, 0.29) is 5.97 Å². The molecular weight excluding hydrogens is 178 g/mol. The minimum Gasteiger partial charge on any atom is -0.406 e. The predicted molar refractivity (Wildman–Crippen MR) is 42.2 cm³/mol. The van der Waals surface area contributed by atoms with Gasteiger partial charge in [-0.2, -0.15) is 10.1 Å². The average Bonchev–Trinajstić information content (AvgIpc) is 2.43. The van der Waals surface area contributed by atoms with Gasteiger partial charge in [0.15, 0.2) is 0 Å². The normalized spacial score (nSPS) is 10.4. The number of imidazole rings is 1. The maximum atomic E-state index is 10.5. The summed E-state index contributed by atoms with van der Waals surface area (Å²) < 4.78 is 6.31. The van der Waals surface area contributed by atoms with Gasteiger partial charge in [-0.1, -0.05) is 11.3 Å². The first kappa shape index (κ1) is 7.23. The van der Waals surface area contributed by atoms with Crippen molar-refractivity contribution < 1.29 is 9.53 Å². The Kier molecular flexibility index (Phi) is 1.54. The van der Waals surface area contributed by atoms with Crippen LogP contribution in [0.25, 0.3) is 4.96 Å². The minimum atomic E-state index is -0.374. The van der Waals surface area contributed by atoms with Gasteiger partial charge in [0.2, 0.25) is 10.8 Å². The Bertz CT molecular complexity index is 391. The summed E-state index contributed by atoms with van der Waals surface area (Å²) in [6.07, 6.45) is 1.56. The molecule has 2 rings (SSSR count). The van der Waals surface area contributed by atoms with Crippen molar-refractivity contribution in [2.45, 2.75) is 6.92 Å². The molecule has 0 aliphatic rings. The molecule has 2 aromatic heterocycles. The lowest BCUT2D eigenvalue weighted by Gasteiger charge is -1.90. The lowest BCUT2D eigenvalue weighted by atomic mass is 10.8. The highest BCUT2D eigenvalue weighted by molar-refractivity contribution is 7.14. The van der Waals surface area contributed by atoms with Crippen molar-refractivity contribution in [1.82, 2.24) is 14.6 Å². The fraction of sp³-hybridized carbons (Fsp3) is 0.167. The molecular formula is C6H5N3O2S. The molecule has 62 valence electrons. The fourth-order valence-electron chi connectivity index (χ4n) is 0.815. The number of carbonyl (C=O) groups is 1. The predicted octanol–water partition coefficient (Wildman–Crippen LogP) is 0.716. The van der Waals surface area contributed by atoms with Crippen LogP contribution in [0.2, 0.25) is 0 Å². The van der Waals surface area contributed by atoms with Gasteiger partial charge in [-0.3, -0.25) is 4.79 Å². The first-order chi connectivity index (χ1) is 5.75. The number of esters is 1. The highest BCUT2D eigenvalue weighted by Crippen LogP contribution is 2.14. The lowest BCUT2D eigenvalue weighted by molar-refractivity contribution is -0.132.